The first-order chi connectivity index (χ1) is 7.27. The molecule has 0 fully saturated rings. The number of hydrogen-bond acceptors (Lipinski definition) is 4. The van der Waals surface area contributed by atoms with Crippen molar-refractivity contribution in [2.24, 2.45) is 5.73 Å². The molecule has 0 radical (unpaired) electrons. The molecule has 0 aromatic carbocycles. The van der Waals surface area contributed by atoms with Crippen LogP contribution in [0.25, 0.3) is 0 Å². The number of nitrogens with two attached hydrogens (primary N) is 1. The molecule has 0 aliphatic rings. The molecule has 2 nitrogen and oxygen atoms in total. The molecule has 0 spiro atoms. The van der Waals surface area contributed by atoms with Crippen LogP contribution in [0.15, 0.2) is 5.38 Å². The SMILES string of the molecule is CCCSCc1nc(C(N)CCC)cs1. The van der Waals surface area contributed by atoms with Crippen LogP contribution in [-0.2, 0) is 5.75 Å². The Labute approximate surface area is 101 Å². The molecule has 1 aromatic heterocycles. The second kappa shape index (κ2) is 7.25. The zero-order valence-corrected chi connectivity index (χ0v) is 11.2. The van der Waals surface area contributed by atoms with Gasteiger partial charge < -0.3 is 5.73 Å². The van der Waals surface area contributed by atoms with Gasteiger partial charge in [0.1, 0.15) is 5.01 Å². The van der Waals surface area contributed by atoms with Gasteiger partial charge in [0.15, 0.2) is 0 Å². The fraction of sp³-hybridized carbons (Fsp3) is 0.727. The molecule has 1 unspecified atom stereocenters. The van der Waals surface area contributed by atoms with Gasteiger partial charge in [-0.15, -0.1) is 11.3 Å². The molecule has 1 atom stereocenters. The Morgan fingerprint density at radius 1 is 1.47 bits per heavy atom. The largest absolute Gasteiger partial charge is 0.323 e. The quantitative estimate of drug-likeness (QED) is 0.745. The summed E-state index contributed by atoms with van der Waals surface area (Å²) in [7, 11) is 0. The second-order valence-electron chi connectivity index (χ2n) is 3.61. The molecule has 1 heterocycles. The zero-order chi connectivity index (χ0) is 11.1. The van der Waals surface area contributed by atoms with Gasteiger partial charge in [0.05, 0.1) is 5.69 Å². The van der Waals surface area contributed by atoms with Crippen molar-refractivity contribution in [1.29, 1.82) is 0 Å². The summed E-state index contributed by atoms with van der Waals surface area (Å²) in [5.41, 5.74) is 7.09. The van der Waals surface area contributed by atoms with E-state index in [1.807, 2.05) is 11.8 Å². The van der Waals surface area contributed by atoms with Crippen molar-refractivity contribution in [2.75, 3.05) is 5.75 Å². The van der Waals surface area contributed by atoms with Gasteiger partial charge in [0.2, 0.25) is 0 Å². The third-order valence-electron chi connectivity index (χ3n) is 2.12. The van der Waals surface area contributed by atoms with Crippen LogP contribution < -0.4 is 5.73 Å². The Balaban J connectivity index is 2.41. The lowest BCUT2D eigenvalue weighted by molar-refractivity contribution is 0.624. The van der Waals surface area contributed by atoms with Crippen LogP contribution in [0.2, 0.25) is 0 Å². The van der Waals surface area contributed by atoms with Gasteiger partial charge in [0.25, 0.3) is 0 Å². The average molecular weight is 244 g/mol. The topological polar surface area (TPSA) is 38.9 Å². The van der Waals surface area contributed by atoms with Crippen molar-refractivity contribution >= 4 is 23.1 Å². The maximum absolute atomic E-state index is 6.01. The van der Waals surface area contributed by atoms with E-state index in [4.69, 9.17) is 5.73 Å². The van der Waals surface area contributed by atoms with Crippen LogP contribution in [0.4, 0.5) is 0 Å². The number of hydrogen-bond donors (Lipinski definition) is 1. The van der Waals surface area contributed by atoms with E-state index in [0.29, 0.717) is 0 Å². The highest BCUT2D eigenvalue weighted by Gasteiger charge is 2.09. The molecule has 0 saturated heterocycles. The fourth-order valence-electron chi connectivity index (χ4n) is 1.32. The lowest BCUT2D eigenvalue weighted by Gasteiger charge is -2.05. The van der Waals surface area contributed by atoms with Crippen LogP contribution in [0.1, 0.15) is 49.9 Å². The summed E-state index contributed by atoms with van der Waals surface area (Å²) in [5, 5.41) is 3.33. The van der Waals surface area contributed by atoms with E-state index >= 15 is 0 Å². The standard InChI is InChI=1S/C11H20N2S2/c1-3-5-9(12)10-7-15-11(13-10)8-14-6-4-2/h7,9H,3-6,8,12H2,1-2H3. The van der Waals surface area contributed by atoms with E-state index < -0.39 is 0 Å². The van der Waals surface area contributed by atoms with E-state index in [-0.39, 0.29) is 6.04 Å². The normalized spacial score (nSPS) is 13.0. The minimum atomic E-state index is 0.135. The van der Waals surface area contributed by atoms with Crippen LogP contribution in [0, 0.1) is 0 Å². The average Bonchev–Trinajstić information content (AvgIpc) is 2.67. The van der Waals surface area contributed by atoms with Crippen molar-refractivity contribution in [3.63, 3.8) is 0 Å². The molecule has 0 amide bonds. The Morgan fingerprint density at radius 3 is 2.93 bits per heavy atom. The van der Waals surface area contributed by atoms with E-state index in [0.717, 1.165) is 24.3 Å². The van der Waals surface area contributed by atoms with Gasteiger partial charge in [-0.1, -0.05) is 20.3 Å². The van der Waals surface area contributed by atoms with E-state index in [2.05, 4.69) is 24.2 Å². The number of thioether (sulfide) groups is 1. The van der Waals surface area contributed by atoms with Crippen LogP contribution in [0.3, 0.4) is 0 Å². The molecule has 0 saturated carbocycles. The highest BCUT2D eigenvalue weighted by Crippen LogP contribution is 2.22. The zero-order valence-electron chi connectivity index (χ0n) is 9.53. The lowest BCUT2D eigenvalue weighted by Crippen LogP contribution is -2.10. The van der Waals surface area contributed by atoms with Gasteiger partial charge >= 0.3 is 0 Å². The fourth-order valence-corrected chi connectivity index (χ4v) is 3.16. The summed E-state index contributed by atoms with van der Waals surface area (Å²) in [6, 6.07) is 0.135. The molecule has 0 bridgehead atoms. The molecule has 0 aliphatic heterocycles. The summed E-state index contributed by atoms with van der Waals surface area (Å²) in [6.07, 6.45) is 3.39. The summed E-state index contributed by atoms with van der Waals surface area (Å²) in [5.74, 6) is 2.26. The van der Waals surface area contributed by atoms with Gasteiger partial charge in [0, 0.05) is 17.2 Å². The number of nitrogens with zero attached hydrogens (tertiary/aromatic N) is 1. The van der Waals surface area contributed by atoms with E-state index in [1.54, 1.807) is 11.3 Å². The smallest absolute Gasteiger partial charge is 0.103 e. The number of aromatic nitrogens is 1. The molecule has 15 heavy (non-hydrogen) atoms. The lowest BCUT2D eigenvalue weighted by atomic mass is 10.1. The summed E-state index contributed by atoms with van der Waals surface area (Å²) >= 11 is 3.69. The predicted molar refractivity (Wildman–Crippen MR) is 70.4 cm³/mol. The monoisotopic (exact) mass is 244 g/mol. The van der Waals surface area contributed by atoms with Crippen LogP contribution in [-0.4, -0.2) is 10.7 Å². The summed E-state index contributed by atoms with van der Waals surface area (Å²) in [6.45, 7) is 4.36. The molecule has 1 rings (SSSR count). The highest BCUT2D eigenvalue weighted by atomic mass is 32.2. The van der Waals surface area contributed by atoms with Gasteiger partial charge in [-0.05, 0) is 18.6 Å². The van der Waals surface area contributed by atoms with Crippen molar-refractivity contribution in [3.8, 4) is 0 Å². The molecule has 0 aliphatic carbocycles. The maximum Gasteiger partial charge on any atom is 0.103 e. The minimum Gasteiger partial charge on any atom is -0.323 e. The Kier molecular flexibility index (Phi) is 6.29. The first-order valence-electron chi connectivity index (χ1n) is 5.55. The first kappa shape index (κ1) is 13.0. The molecule has 86 valence electrons. The molecule has 1 aromatic rings. The Hall–Kier alpha value is -0.0600. The third-order valence-corrected chi connectivity index (χ3v) is 4.35. The predicted octanol–water partition coefficient (Wildman–Crippen LogP) is 3.59. The molecular weight excluding hydrogens is 224 g/mol. The molecular formula is C11H20N2S2. The first-order valence-corrected chi connectivity index (χ1v) is 7.59. The van der Waals surface area contributed by atoms with Crippen molar-refractivity contribution < 1.29 is 0 Å². The van der Waals surface area contributed by atoms with Crippen molar-refractivity contribution in [2.45, 2.75) is 44.9 Å². The maximum atomic E-state index is 6.01. The highest BCUT2D eigenvalue weighted by molar-refractivity contribution is 7.98. The Bertz CT molecular complexity index is 273. The summed E-state index contributed by atoms with van der Waals surface area (Å²) < 4.78 is 0. The van der Waals surface area contributed by atoms with Crippen molar-refractivity contribution in [1.82, 2.24) is 4.98 Å². The van der Waals surface area contributed by atoms with Crippen LogP contribution in [0.5, 0.6) is 0 Å². The van der Waals surface area contributed by atoms with Gasteiger partial charge in [-0.2, -0.15) is 11.8 Å². The van der Waals surface area contributed by atoms with Gasteiger partial charge in [-0.3, -0.25) is 0 Å². The number of rotatable bonds is 7. The van der Waals surface area contributed by atoms with Crippen molar-refractivity contribution in [3.05, 3.63) is 16.1 Å². The summed E-state index contributed by atoms with van der Waals surface area (Å²) in [4.78, 5) is 4.57. The van der Waals surface area contributed by atoms with E-state index in [9.17, 15) is 0 Å². The number of thiazole rings is 1. The minimum absolute atomic E-state index is 0.135. The molecule has 4 heteroatoms. The third kappa shape index (κ3) is 4.53. The molecule has 2 N–H and O–H groups in total. The van der Waals surface area contributed by atoms with E-state index in [1.165, 1.54) is 17.2 Å². The Morgan fingerprint density at radius 2 is 2.27 bits per heavy atom. The second-order valence-corrected chi connectivity index (χ2v) is 5.66. The van der Waals surface area contributed by atoms with Crippen LogP contribution >= 0.6 is 23.1 Å². The van der Waals surface area contributed by atoms with Gasteiger partial charge in [-0.25, -0.2) is 4.98 Å².